The lowest BCUT2D eigenvalue weighted by molar-refractivity contribution is -0.144. The fourth-order valence-electron chi connectivity index (χ4n) is 1.40. The van der Waals surface area contributed by atoms with Crippen LogP contribution < -0.4 is 0 Å². The first-order chi connectivity index (χ1) is 7.75. The summed E-state index contributed by atoms with van der Waals surface area (Å²) in [5.74, 6) is -4.47. The molecule has 1 aromatic carbocycles. The highest BCUT2D eigenvalue weighted by atomic mass is 19.4. The molecule has 94 valence electrons. The summed E-state index contributed by atoms with van der Waals surface area (Å²) in [6.07, 6.45) is -8.27. The molecular weight excluding hydrogens is 247 g/mol. The Morgan fingerprint density at radius 1 is 1.18 bits per heavy atom. The van der Waals surface area contributed by atoms with Crippen LogP contribution in [0.3, 0.4) is 0 Å². The molecule has 0 fully saturated rings. The van der Waals surface area contributed by atoms with Gasteiger partial charge in [-0.1, -0.05) is 18.2 Å². The Balaban J connectivity index is 3.34. The smallest absolute Gasteiger partial charge is 0.416 e. The van der Waals surface area contributed by atoms with Gasteiger partial charge < -0.3 is 5.11 Å². The number of carbonyl (C=O) groups is 1. The van der Waals surface area contributed by atoms with Gasteiger partial charge in [0, 0.05) is 0 Å². The molecule has 0 saturated carbocycles. The summed E-state index contributed by atoms with van der Waals surface area (Å²) < 4.78 is 62.4. The van der Waals surface area contributed by atoms with Crippen LogP contribution in [0.2, 0.25) is 0 Å². The summed E-state index contributed by atoms with van der Waals surface area (Å²) in [4.78, 5) is 10.6. The summed E-state index contributed by atoms with van der Waals surface area (Å²) in [5, 5.41) is 8.54. The predicted molar refractivity (Wildman–Crippen MR) is 47.8 cm³/mol. The van der Waals surface area contributed by atoms with Gasteiger partial charge in [-0.05, 0) is 11.6 Å². The molecule has 1 rings (SSSR count). The fourth-order valence-corrected chi connectivity index (χ4v) is 1.40. The molecule has 17 heavy (non-hydrogen) atoms. The van der Waals surface area contributed by atoms with E-state index in [1.807, 2.05) is 0 Å². The van der Waals surface area contributed by atoms with Gasteiger partial charge in [-0.2, -0.15) is 13.2 Å². The zero-order valence-corrected chi connectivity index (χ0v) is 8.21. The van der Waals surface area contributed by atoms with E-state index in [-0.39, 0.29) is 0 Å². The second kappa shape index (κ2) is 4.68. The average molecular weight is 254 g/mol. The van der Waals surface area contributed by atoms with Crippen molar-refractivity contribution in [2.45, 2.75) is 18.5 Å². The van der Waals surface area contributed by atoms with Gasteiger partial charge in [-0.15, -0.1) is 0 Å². The predicted octanol–water partition coefficient (Wildman–Crippen LogP) is 3.14. The van der Waals surface area contributed by atoms with Crippen LogP contribution in [0, 0.1) is 0 Å². The van der Waals surface area contributed by atoms with Crippen molar-refractivity contribution in [2.75, 3.05) is 0 Å². The van der Waals surface area contributed by atoms with Crippen LogP contribution in [0.4, 0.5) is 22.0 Å². The van der Waals surface area contributed by atoms with E-state index in [4.69, 9.17) is 5.11 Å². The molecule has 0 spiro atoms. The molecule has 0 aliphatic carbocycles. The molecule has 1 atom stereocenters. The zero-order chi connectivity index (χ0) is 13.2. The molecule has 0 heterocycles. The van der Waals surface area contributed by atoms with Crippen LogP contribution in [0.15, 0.2) is 24.3 Å². The van der Waals surface area contributed by atoms with Crippen molar-refractivity contribution in [2.24, 2.45) is 0 Å². The Labute approximate surface area is 92.7 Å². The number of carboxylic acid groups (broad SMARTS) is 1. The second-order valence-electron chi connectivity index (χ2n) is 3.24. The van der Waals surface area contributed by atoms with Crippen molar-refractivity contribution in [3.05, 3.63) is 35.4 Å². The molecule has 0 radical (unpaired) electrons. The Bertz CT molecular complexity index is 413. The topological polar surface area (TPSA) is 37.3 Å². The molecule has 0 bridgehead atoms. The van der Waals surface area contributed by atoms with Crippen LogP contribution in [0.1, 0.15) is 17.0 Å². The molecule has 2 nitrogen and oxygen atoms in total. The van der Waals surface area contributed by atoms with Crippen LogP contribution in [0.5, 0.6) is 0 Å². The van der Waals surface area contributed by atoms with E-state index in [2.05, 4.69) is 0 Å². The standard InChI is InChI=1S/C10H7F5O2/c11-8(12)7(9(16)17)5-3-1-2-4-6(5)10(13,14)15/h1-4,7-8H,(H,16,17). The highest BCUT2D eigenvalue weighted by molar-refractivity contribution is 5.77. The highest BCUT2D eigenvalue weighted by Crippen LogP contribution is 2.37. The summed E-state index contributed by atoms with van der Waals surface area (Å²) in [5.41, 5.74) is -2.28. The van der Waals surface area contributed by atoms with Gasteiger partial charge in [0.25, 0.3) is 6.43 Å². The van der Waals surface area contributed by atoms with E-state index in [0.717, 1.165) is 18.2 Å². The zero-order valence-electron chi connectivity index (χ0n) is 8.21. The van der Waals surface area contributed by atoms with Crippen molar-refractivity contribution in [1.29, 1.82) is 0 Å². The lowest BCUT2D eigenvalue weighted by Crippen LogP contribution is -2.23. The van der Waals surface area contributed by atoms with Gasteiger partial charge in [-0.25, -0.2) is 8.78 Å². The molecule has 0 aliphatic heterocycles. The monoisotopic (exact) mass is 254 g/mol. The normalized spacial score (nSPS) is 13.8. The molecule has 7 heteroatoms. The van der Waals surface area contributed by atoms with Crippen molar-refractivity contribution in [3.8, 4) is 0 Å². The minimum absolute atomic E-state index is 0.577. The van der Waals surface area contributed by atoms with Crippen molar-refractivity contribution < 1.29 is 31.9 Å². The van der Waals surface area contributed by atoms with Gasteiger partial charge in [0.1, 0.15) is 5.92 Å². The minimum Gasteiger partial charge on any atom is -0.481 e. The van der Waals surface area contributed by atoms with Gasteiger partial charge >= 0.3 is 12.1 Å². The Morgan fingerprint density at radius 3 is 2.12 bits per heavy atom. The van der Waals surface area contributed by atoms with Gasteiger partial charge in [0.2, 0.25) is 0 Å². The molecule has 0 aromatic heterocycles. The first-order valence-corrected chi connectivity index (χ1v) is 4.42. The molecule has 1 aromatic rings. The number of alkyl halides is 5. The van der Waals surface area contributed by atoms with Crippen LogP contribution in [0.25, 0.3) is 0 Å². The maximum absolute atomic E-state index is 12.5. The van der Waals surface area contributed by atoms with E-state index < -0.39 is 35.6 Å². The molecule has 0 aliphatic rings. The van der Waals surface area contributed by atoms with Gasteiger partial charge in [0.05, 0.1) is 5.56 Å². The molecule has 1 unspecified atom stereocenters. The number of hydrogen-bond donors (Lipinski definition) is 1. The Morgan fingerprint density at radius 2 is 1.71 bits per heavy atom. The van der Waals surface area contributed by atoms with Crippen molar-refractivity contribution >= 4 is 5.97 Å². The molecule has 0 saturated heterocycles. The first kappa shape index (κ1) is 13.4. The summed E-state index contributed by atoms with van der Waals surface area (Å²) in [6, 6.07) is 3.42. The van der Waals surface area contributed by atoms with Crippen molar-refractivity contribution in [1.82, 2.24) is 0 Å². The average Bonchev–Trinajstić information content (AvgIpc) is 2.15. The number of carboxylic acids is 1. The number of benzene rings is 1. The van der Waals surface area contributed by atoms with E-state index in [9.17, 15) is 26.7 Å². The number of aliphatic carboxylic acids is 1. The van der Waals surface area contributed by atoms with Gasteiger partial charge in [0.15, 0.2) is 0 Å². The summed E-state index contributed by atoms with van der Waals surface area (Å²) in [7, 11) is 0. The number of halogens is 5. The highest BCUT2D eigenvalue weighted by Gasteiger charge is 2.40. The largest absolute Gasteiger partial charge is 0.481 e. The quantitative estimate of drug-likeness (QED) is 0.841. The second-order valence-corrected chi connectivity index (χ2v) is 3.24. The summed E-state index contributed by atoms with van der Waals surface area (Å²) >= 11 is 0. The maximum atomic E-state index is 12.5. The third-order valence-electron chi connectivity index (χ3n) is 2.12. The maximum Gasteiger partial charge on any atom is 0.416 e. The third kappa shape index (κ3) is 2.92. The Kier molecular flexibility index (Phi) is 3.69. The SMILES string of the molecule is O=C(O)C(c1ccccc1C(F)(F)F)C(F)F. The van der Waals surface area contributed by atoms with Crippen molar-refractivity contribution in [3.63, 3.8) is 0 Å². The molecule has 1 N–H and O–H groups in total. The number of rotatable bonds is 3. The lowest BCUT2D eigenvalue weighted by Gasteiger charge is -2.17. The number of hydrogen-bond acceptors (Lipinski definition) is 1. The van der Waals surface area contributed by atoms with Crippen LogP contribution in [-0.2, 0) is 11.0 Å². The van der Waals surface area contributed by atoms with E-state index in [1.165, 1.54) is 0 Å². The van der Waals surface area contributed by atoms with E-state index in [0.29, 0.717) is 6.07 Å². The third-order valence-corrected chi connectivity index (χ3v) is 2.12. The first-order valence-electron chi connectivity index (χ1n) is 4.42. The van der Waals surface area contributed by atoms with Gasteiger partial charge in [-0.3, -0.25) is 4.79 Å². The Hall–Kier alpha value is -1.66. The lowest BCUT2D eigenvalue weighted by atomic mass is 9.94. The van der Waals surface area contributed by atoms with E-state index >= 15 is 0 Å². The molecular formula is C10H7F5O2. The van der Waals surface area contributed by atoms with Crippen LogP contribution in [-0.4, -0.2) is 17.5 Å². The summed E-state index contributed by atoms with van der Waals surface area (Å²) in [6.45, 7) is 0. The van der Waals surface area contributed by atoms with Crippen LogP contribution >= 0.6 is 0 Å². The fraction of sp³-hybridized carbons (Fsp3) is 0.300. The molecule has 0 amide bonds. The van der Waals surface area contributed by atoms with E-state index in [1.54, 1.807) is 0 Å². The minimum atomic E-state index is -4.86.